The zero-order valence-corrected chi connectivity index (χ0v) is 9.44. The first kappa shape index (κ1) is 11.1. The maximum absolute atomic E-state index is 11.2. The predicted octanol–water partition coefficient (Wildman–Crippen LogP) is 1.78. The fraction of sp³-hybridized carbons (Fsp3) is 0.462. The SMILES string of the molecule is CNC(C(=O)O)C1CCCc2ccccc21. The van der Waals surface area contributed by atoms with Crippen molar-refractivity contribution in [2.45, 2.75) is 31.2 Å². The average Bonchev–Trinajstić information content (AvgIpc) is 2.30. The van der Waals surface area contributed by atoms with Crippen LogP contribution in [-0.4, -0.2) is 24.2 Å². The molecule has 0 aromatic heterocycles. The molecule has 2 N–H and O–H groups in total. The third-order valence-corrected chi connectivity index (χ3v) is 3.40. The zero-order chi connectivity index (χ0) is 11.5. The van der Waals surface area contributed by atoms with E-state index in [9.17, 15) is 9.90 Å². The number of aryl methyl sites for hydroxylation is 1. The van der Waals surface area contributed by atoms with Gasteiger partial charge in [-0.1, -0.05) is 24.3 Å². The van der Waals surface area contributed by atoms with Crippen LogP contribution in [0.5, 0.6) is 0 Å². The summed E-state index contributed by atoms with van der Waals surface area (Å²) >= 11 is 0. The summed E-state index contributed by atoms with van der Waals surface area (Å²) in [5.41, 5.74) is 2.51. The van der Waals surface area contributed by atoms with Gasteiger partial charge in [-0.05, 0) is 37.4 Å². The van der Waals surface area contributed by atoms with E-state index < -0.39 is 12.0 Å². The van der Waals surface area contributed by atoms with Crippen LogP contribution in [0.4, 0.5) is 0 Å². The standard InChI is InChI=1S/C13H17NO2/c1-14-12(13(15)16)11-8-4-6-9-5-2-3-7-10(9)11/h2-3,5,7,11-12,14H,4,6,8H2,1H3,(H,15,16). The van der Waals surface area contributed by atoms with Gasteiger partial charge in [-0.3, -0.25) is 4.79 Å². The van der Waals surface area contributed by atoms with Crippen LogP contribution in [0.3, 0.4) is 0 Å². The molecule has 2 rings (SSSR count). The minimum Gasteiger partial charge on any atom is -0.480 e. The van der Waals surface area contributed by atoms with E-state index in [-0.39, 0.29) is 5.92 Å². The number of benzene rings is 1. The van der Waals surface area contributed by atoms with E-state index in [1.54, 1.807) is 7.05 Å². The van der Waals surface area contributed by atoms with Crippen LogP contribution in [0.15, 0.2) is 24.3 Å². The summed E-state index contributed by atoms with van der Waals surface area (Å²) in [4.78, 5) is 11.2. The van der Waals surface area contributed by atoms with Crippen molar-refractivity contribution in [1.29, 1.82) is 0 Å². The lowest BCUT2D eigenvalue weighted by Crippen LogP contribution is -2.40. The van der Waals surface area contributed by atoms with Gasteiger partial charge in [0.2, 0.25) is 0 Å². The molecule has 1 aliphatic carbocycles. The Hall–Kier alpha value is -1.35. The number of carbonyl (C=O) groups is 1. The highest BCUT2D eigenvalue weighted by Crippen LogP contribution is 2.33. The number of rotatable bonds is 3. The number of hydrogen-bond acceptors (Lipinski definition) is 2. The third-order valence-electron chi connectivity index (χ3n) is 3.40. The number of hydrogen-bond donors (Lipinski definition) is 2. The molecule has 2 atom stereocenters. The lowest BCUT2D eigenvalue weighted by atomic mass is 9.79. The summed E-state index contributed by atoms with van der Waals surface area (Å²) in [5, 5.41) is 12.1. The first-order valence-electron chi connectivity index (χ1n) is 5.72. The quantitative estimate of drug-likeness (QED) is 0.814. The van der Waals surface area contributed by atoms with Crippen LogP contribution in [-0.2, 0) is 11.2 Å². The van der Waals surface area contributed by atoms with Crippen molar-refractivity contribution in [3.8, 4) is 0 Å². The maximum Gasteiger partial charge on any atom is 0.321 e. The van der Waals surface area contributed by atoms with E-state index in [2.05, 4.69) is 17.4 Å². The fourth-order valence-corrected chi connectivity index (χ4v) is 2.63. The summed E-state index contributed by atoms with van der Waals surface area (Å²) in [6, 6.07) is 7.71. The molecule has 3 nitrogen and oxygen atoms in total. The van der Waals surface area contributed by atoms with Gasteiger partial charge in [-0.15, -0.1) is 0 Å². The lowest BCUT2D eigenvalue weighted by Gasteiger charge is -2.29. The molecule has 86 valence electrons. The summed E-state index contributed by atoms with van der Waals surface area (Å²) < 4.78 is 0. The van der Waals surface area contributed by atoms with Crippen molar-refractivity contribution in [2.24, 2.45) is 0 Å². The Morgan fingerprint density at radius 2 is 2.25 bits per heavy atom. The van der Waals surface area contributed by atoms with Crippen molar-refractivity contribution < 1.29 is 9.90 Å². The second-order valence-electron chi connectivity index (χ2n) is 4.30. The van der Waals surface area contributed by atoms with Crippen molar-refractivity contribution in [2.75, 3.05) is 7.05 Å². The first-order valence-corrected chi connectivity index (χ1v) is 5.72. The molecule has 1 aromatic carbocycles. The second kappa shape index (κ2) is 4.66. The van der Waals surface area contributed by atoms with Crippen molar-refractivity contribution in [3.63, 3.8) is 0 Å². The highest BCUT2D eigenvalue weighted by Gasteiger charge is 2.31. The number of fused-ring (bicyclic) bond motifs is 1. The fourth-order valence-electron chi connectivity index (χ4n) is 2.63. The molecule has 0 heterocycles. The number of carboxylic acids is 1. The Morgan fingerprint density at radius 3 is 2.94 bits per heavy atom. The molecular weight excluding hydrogens is 202 g/mol. The summed E-state index contributed by atoms with van der Waals surface area (Å²) in [7, 11) is 1.72. The van der Waals surface area contributed by atoms with Gasteiger partial charge in [0.15, 0.2) is 0 Å². The van der Waals surface area contributed by atoms with E-state index in [0.717, 1.165) is 19.3 Å². The molecule has 0 amide bonds. The molecule has 16 heavy (non-hydrogen) atoms. The summed E-state index contributed by atoms with van der Waals surface area (Å²) in [5.74, 6) is -0.656. The number of aliphatic carboxylic acids is 1. The Labute approximate surface area is 95.5 Å². The predicted molar refractivity (Wildman–Crippen MR) is 62.6 cm³/mol. The second-order valence-corrected chi connectivity index (χ2v) is 4.30. The summed E-state index contributed by atoms with van der Waals surface area (Å²) in [6.07, 6.45) is 3.10. The Morgan fingerprint density at radius 1 is 1.50 bits per heavy atom. The van der Waals surface area contributed by atoms with Gasteiger partial charge < -0.3 is 10.4 Å². The van der Waals surface area contributed by atoms with E-state index in [1.807, 2.05) is 12.1 Å². The molecule has 0 aliphatic heterocycles. The van der Waals surface area contributed by atoms with Crippen molar-refractivity contribution in [3.05, 3.63) is 35.4 Å². The smallest absolute Gasteiger partial charge is 0.321 e. The Bertz CT molecular complexity index is 389. The summed E-state index contributed by atoms with van der Waals surface area (Å²) in [6.45, 7) is 0. The first-order chi connectivity index (χ1) is 7.74. The van der Waals surface area contributed by atoms with Gasteiger partial charge in [0.25, 0.3) is 0 Å². The van der Waals surface area contributed by atoms with Crippen LogP contribution in [0, 0.1) is 0 Å². The molecular formula is C13H17NO2. The maximum atomic E-state index is 11.2. The van der Waals surface area contributed by atoms with E-state index >= 15 is 0 Å². The van der Waals surface area contributed by atoms with Crippen LogP contribution in [0.25, 0.3) is 0 Å². The molecule has 1 aliphatic rings. The largest absolute Gasteiger partial charge is 0.480 e. The molecule has 0 radical (unpaired) electrons. The minimum absolute atomic E-state index is 0.104. The minimum atomic E-state index is -0.760. The number of carboxylic acid groups (broad SMARTS) is 1. The monoisotopic (exact) mass is 219 g/mol. The zero-order valence-electron chi connectivity index (χ0n) is 9.44. The molecule has 0 fully saturated rings. The Balaban J connectivity index is 2.34. The molecule has 3 heteroatoms. The Kier molecular flexibility index (Phi) is 3.25. The van der Waals surface area contributed by atoms with Gasteiger partial charge in [-0.25, -0.2) is 0 Å². The van der Waals surface area contributed by atoms with Crippen LogP contribution in [0.1, 0.15) is 29.9 Å². The molecule has 0 bridgehead atoms. The number of likely N-dealkylation sites (N-methyl/N-ethyl adjacent to an activating group) is 1. The van der Waals surface area contributed by atoms with Crippen molar-refractivity contribution >= 4 is 5.97 Å². The molecule has 0 saturated carbocycles. The molecule has 0 spiro atoms. The third kappa shape index (κ3) is 1.95. The molecule has 0 saturated heterocycles. The highest BCUT2D eigenvalue weighted by molar-refractivity contribution is 5.75. The van der Waals surface area contributed by atoms with Crippen LogP contribution < -0.4 is 5.32 Å². The number of nitrogens with one attached hydrogen (secondary N) is 1. The van der Waals surface area contributed by atoms with Gasteiger partial charge in [0.1, 0.15) is 6.04 Å². The van der Waals surface area contributed by atoms with E-state index in [0.29, 0.717) is 0 Å². The molecule has 2 unspecified atom stereocenters. The molecule has 1 aromatic rings. The normalized spacial score (nSPS) is 21.2. The van der Waals surface area contributed by atoms with E-state index in [4.69, 9.17) is 0 Å². The van der Waals surface area contributed by atoms with Crippen LogP contribution in [0.2, 0.25) is 0 Å². The van der Waals surface area contributed by atoms with E-state index in [1.165, 1.54) is 11.1 Å². The van der Waals surface area contributed by atoms with Gasteiger partial charge >= 0.3 is 5.97 Å². The highest BCUT2D eigenvalue weighted by atomic mass is 16.4. The van der Waals surface area contributed by atoms with Gasteiger partial charge in [0, 0.05) is 5.92 Å². The van der Waals surface area contributed by atoms with Crippen LogP contribution >= 0.6 is 0 Å². The van der Waals surface area contributed by atoms with Gasteiger partial charge in [0.05, 0.1) is 0 Å². The lowest BCUT2D eigenvalue weighted by molar-refractivity contribution is -0.140. The van der Waals surface area contributed by atoms with Crippen molar-refractivity contribution in [1.82, 2.24) is 5.32 Å². The average molecular weight is 219 g/mol. The van der Waals surface area contributed by atoms with Gasteiger partial charge in [-0.2, -0.15) is 0 Å². The topological polar surface area (TPSA) is 49.3 Å².